The van der Waals surface area contributed by atoms with Crippen LogP contribution in [0.1, 0.15) is 5.56 Å². The fourth-order valence-electron chi connectivity index (χ4n) is 2.07. The summed E-state index contributed by atoms with van der Waals surface area (Å²) in [4.78, 5) is 11.3. The number of carbonyl (C=O) groups excluding carboxylic acids is 1. The van der Waals surface area contributed by atoms with Gasteiger partial charge in [0.25, 0.3) is 0 Å². The number of benzene rings is 1. The summed E-state index contributed by atoms with van der Waals surface area (Å²) >= 11 is 6.16. The second kappa shape index (κ2) is 3.74. The Hall–Kier alpha value is -2.01. The minimum absolute atomic E-state index is 0.0374. The van der Waals surface area contributed by atoms with E-state index in [0.717, 1.165) is 16.8 Å². The van der Waals surface area contributed by atoms with Crippen LogP contribution in [0.25, 0.3) is 11.3 Å². The third-order valence-electron chi connectivity index (χ3n) is 3.00. The van der Waals surface area contributed by atoms with Crippen molar-refractivity contribution in [3.8, 4) is 11.3 Å². The number of nitrogens with two attached hydrogens (primary N) is 1. The number of amides is 1. The maximum atomic E-state index is 11.3. The first kappa shape index (κ1) is 11.1. The molecule has 2 aromatic rings. The molecule has 0 aliphatic carbocycles. The van der Waals surface area contributed by atoms with Gasteiger partial charge in [-0.05, 0) is 17.7 Å². The van der Waals surface area contributed by atoms with Crippen LogP contribution < -0.4 is 11.1 Å². The van der Waals surface area contributed by atoms with Gasteiger partial charge in [-0.3, -0.25) is 9.48 Å². The zero-order chi connectivity index (χ0) is 12.9. The van der Waals surface area contributed by atoms with Crippen LogP contribution in [0, 0.1) is 0 Å². The topological polar surface area (TPSA) is 72.9 Å². The van der Waals surface area contributed by atoms with Crippen LogP contribution in [0.2, 0.25) is 5.02 Å². The first-order valence-corrected chi connectivity index (χ1v) is 5.84. The van der Waals surface area contributed by atoms with Gasteiger partial charge in [-0.1, -0.05) is 11.6 Å². The Kier molecular flexibility index (Phi) is 2.31. The van der Waals surface area contributed by atoms with E-state index in [1.165, 1.54) is 0 Å². The van der Waals surface area contributed by atoms with Crippen molar-refractivity contribution in [2.75, 3.05) is 11.1 Å². The van der Waals surface area contributed by atoms with Crippen molar-refractivity contribution >= 4 is 29.0 Å². The zero-order valence-electron chi connectivity index (χ0n) is 9.70. The lowest BCUT2D eigenvalue weighted by Crippen LogP contribution is -2.03. The van der Waals surface area contributed by atoms with Crippen LogP contribution in [-0.4, -0.2) is 15.7 Å². The van der Waals surface area contributed by atoms with Gasteiger partial charge in [0.1, 0.15) is 5.82 Å². The van der Waals surface area contributed by atoms with Crippen molar-refractivity contribution in [3.63, 3.8) is 0 Å². The van der Waals surface area contributed by atoms with E-state index in [0.29, 0.717) is 22.9 Å². The molecule has 3 N–H and O–H groups in total. The molecule has 0 bridgehead atoms. The van der Waals surface area contributed by atoms with E-state index in [1.807, 2.05) is 6.07 Å². The average Bonchev–Trinajstić information content (AvgIpc) is 2.83. The standard InChI is InChI=1S/C12H11ClN4O/c1-17-10(14)5-9(16-17)6-2-7-4-11(18)15-12(7)8(13)3-6/h2-3,5H,4,14H2,1H3,(H,15,18). The molecule has 1 aromatic heterocycles. The quantitative estimate of drug-likeness (QED) is 0.823. The summed E-state index contributed by atoms with van der Waals surface area (Å²) in [5.41, 5.74) is 8.96. The summed E-state index contributed by atoms with van der Waals surface area (Å²) in [6.07, 6.45) is 0.352. The van der Waals surface area contributed by atoms with Gasteiger partial charge in [0.15, 0.2) is 0 Å². The highest BCUT2D eigenvalue weighted by molar-refractivity contribution is 6.34. The zero-order valence-corrected chi connectivity index (χ0v) is 10.5. The number of aryl methyl sites for hydroxylation is 1. The number of nitrogens with one attached hydrogen (secondary N) is 1. The number of hydrogen-bond acceptors (Lipinski definition) is 3. The van der Waals surface area contributed by atoms with Crippen molar-refractivity contribution in [1.82, 2.24) is 9.78 Å². The minimum atomic E-state index is -0.0374. The van der Waals surface area contributed by atoms with Gasteiger partial charge < -0.3 is 11.1 Å². The Morgan fingerprint density at radius 1 is 1.44 bits per heavy atom. The third-order valence-corrected chi connectivity index (χ3v) is 3.30. The van der Waals surface area contributed by atoms with Crippen molar-refractivity contribution in [3.05, 3.63) is 28.8 Å². The number of carbonyl (C=O) groups is 1. The van der Waals surface area contributed by atoms with Gasteiger partial charge in [0.2, 0.25) is 5.91 Å². The summed E-state index contributed by atoms with van der Waals surface area (Å²) in [7, 11) is 1.78. The maximum absolute atomic E-state index is 11.3. The van der Waals surface area contributed by atoms with E-state index in [2.05, 4.69) is 10.4 Å². The number of anilines is 2. The fourth-order valence-corrected chi connectivity index (χ4v) is 2.36. The molecule has 1 amide bonds. The highest BCUT2D eigenvalue weighted by atomic mass is 35.5. The average molecular weight is 263 g/mol. The Morgan fingerprint density at radius 3 is 2.89 bits per heavy atom. The lowest BCUT2D eigenvalue weighted by atomic mass is 10.1. The smallest absolute Gasteiger partial charge is 0.228 e. The van der Waals surface area contributed by atoms with Gasteiger partial charge in [-0.2, -0.15) is 5.10 Å². The summed E-state index contributed by atoms with van der Waals surface area (Å²) < 4.78 is 1.60. The molecule has 0 atom stereocenters. The summed E-state index contributed by atoms with van der Waals surface area (Å²) in [6.45, 7) is 0. The van der Waals surface area contributed by atoms with Gasteiger partial charge in [0.05, 0.1) is 22.8 Å². The molecule has 0 radical (unpaired) electrons. The Balaban J connectivity index is 2.12. The third kappa shape index (κ3) is 1.64. The molecule has 0 spiro atoms. The molecule has 92 valence electrons. The van der Waals surface area contributed by atoms with Crippen LogP contribution in [0.5, 0.6) is 0 Å². The molecule has 5 nitrogen and oxygen atoms in total. The molecule has 1 aromatic carbocycles. The molecule has 0 unspecified atom stereocenters. The molecular weight excluding hydrogens is 252 g/mol. The number of hydrogen-bond donors (Lipinski definition) is 2. The molecule has 1 aliphatic rings. The maximum Gasteiger partial charge on any atom is 0.228 e. The predicted octanol–water partition coefficient (Wildman–Crippen LogP) is 1.82. The molecule has 6 heteroatoms. The first-order valence-electron chi connectivity index (χ1n) is 5.47. The van der Waals surface area contributed by atoms with E-state index >= 15 is 0 Å². The summed E-state index contributed by atoms with van der Waals surface area (Å²) in [5, 5.41) is 7.56. The van der Waals surface area contributed by atoms with Crippen molar-refractivity contribution in [2.45, 2.75) is 6.42 Å². The summed E-state index contributed by atoms with van der Waals surface area (Å²) in [5.74, 6) is 0.542. The SMILES string of the molecule is Cn1nc(-c2cc(Cl)c3c(c2)CC(=O)N3)cc1N. The Bertz CT molecular complexity index is 643. The second-order valence-electron chi connectivity index (χ2n) is 4.30. The van der Waals surface area contributed by atoms with Crippen LogP contribution in [-0.2, 0) is 18.3 Å². The van der Waals surface area contributed by atoms with E-state index in [1.54, 1.807) is 23.9 Å². The number of rotatable bonds is 1. The van der Waals surface area contributed by atoms with Crippen molar-refractivity contribution < 1.29 is 4.79 Å². The van der Waals surface area contributed by atoms with Crippen molar-refractivity contribution in [1.29, 1.82) is 0 Å². The fraction of sp³-hybridized carbons (Fsp3) is 0.167. The van der Waals surface area contributed by atoms with Crippen LogP contribution >= 0.6 is 11.6 Å². The normalized spacial score (nSPS) is 13.6. The van der Waals surface area contributed by atoms with Crippen LogP contribution in [0.3, 0.4) is 0 Å². The van der Waals surface area contributed by atoms with Gasteiger partial charge in [-0.15, -0.1) is 0 Å². The first-order chi connectivity index (χ1) is 8.54. The van der Waals surface area contributed by atoms with Gasteiger partial charge in [0, 0.05) is 18.7 Å². The van der Waals surface area contributed by atoms with Crippen LogP contribution in [0.4, 0.5) is 11.5 Å². The molecule has 18 heavy (non-hydrogen) atoms. The molecule has 1 aliphatic heterocycles. The van der Waals surface area contributed by atoms with E-state index < -0.39 is 0 Å². The Labute approximate surface area is 109 Å². The monoisotopic (exact) mass is 262 g/mol. The molecule has 0 saturated heterocycles. The lowest BCUT2D eigenvalue weighted by molar-refractivity contribution is -0.115. The number of fused-ring (bicyclic) bond motifs is 1. The van der Waals surface area contributed by atoms with Gasteiger partial charge >= 0.3 is 0 Å². The molecular formula is C12H11ClN4O. The van der Waals surface area contributed by atoms with Crippen LogP contribution in [0.15, 0.2) is 18.2 Å². The predicted molar refractivity (Wildman–Crippen MR) is 70.4 cm³/mol. The summed E-state index contributed by atoms with van der Waals surface area (Å²) in [6, 6.07) is 5.48. The minimum Gasteiger partial charge on any atom is -0.384 e. The van der Waals surface area contributed by atoms with E-state index in [-0.39, 0.29) is 5.91 Å². The number of halogens is 1. The van der Waals surface area contributed by atoms with Crippen molar-refractivity contribution in [2.24, 2.45) is 7.05 Å². The number of nitrogen functional groups attached to an aromatic ring is 1. The molecule has 2 heterocycles. The van der Waals surface area contributed by atoms with E-state index in [9.17, 15) is 4.79 Å². The van der Waals surface area contributed by atoms with Gasteiger partial charge in [-0.25, -0.2) is 0 Å². The van der Waals surface area contributed by atoms with E-state index in [4.69, 9.17) is 17.3 Å². The number of nitrogens with zero attached hydrogens (tertiary/aromatic N) is 2. The lowest BCUT2D eigenvalue weighted by Gasteiger charge is -2.04. The highest BCUT2D eigenvalue weighted by Crippen LogP contribution is 2.35. The number of aromatic nitrogens is 2. The molecule has 3 rings (SSSR count). The highest BCUT2D eigenvalue weighted by Gasteiger charge is 2.21. The largest absolute Gasteiger partial charge is 0.384 e. The molecule has 0 fully saturated rings. The molecule has 0 saturated carbocycles. The Morgan fingerprint density at radius 2 is 2.22 bits per heavy atom. The second-order valence-corrected chi connectivity index (χ2v) is 4.70.